The Labute approximate surface area is 96.6 Å². The van der Waals surface area contributed by atoms with Crippen LogP contribution in [0.5, 0.6) is 0 Å². The number of rotatable bonds is 5. The van der Waals surface area contributed by atoms with Crippen LogP contribution in [0.3, 0.4) is 0 Å². The molecule has 1 aromatic heterocycles. The van der Waals surface area contributed by atoms with E-state index in [9.17, 15) is 20.0 Å². The monoisotopic (exact) mass is 243 g/mol. The van der Waals surface area contributed by atoms with E-state index in [-0.39, 0.29) is 19.0 Å². The zero-order valence-corrected chi connectivity index (χ0v) is 9.16. The van der Waals surface area contributed by atoms with Crippen molar-refractivity contribution in [3.63, 3.8) is 0 Å². The fourth-order valence-corrected chi connectivity index (χ4v) is 1.21. The summed E-state index contributed by atoms with van der Waals surface area (Å²) in [6, 6.07) is -0.427. The van der Waals surface area contributed by atoms with Crippen molar-refractivity contribution in [2.24, 2.45) is 0 Å². The fraction of sp³-hybridized carbons (Fsp3) is 0.500. The van der Waals surface area contributed by atoms with Gasteiger partial charge in [-0.25, -0.2) is 9.36 Å². The summed E-state index contributed by atoms with van der Waals surface area (Å²) in [4.78, 5) is 24.3. The number of aromatic nitrogens is 2. The van der Waals surface area contributed by atoms with Gasteiger partial charge in [-0.1, -0.05) is 4.98 Å². The predicted molar refractivity (Wildman–Crippen MR) is 57.3 cm³/mol. The second-order valence-electron chi connectivity index (χ2n) is 3.25. The molecule has 17 heavy (non-hydrogen) atoms. The van der Waals surface area contributed by atoms with Crippen molar-refractivity contribution in [1.82, 2.24) is 20.2 Å². The van der Waals surface area contributed by atoms with Gasteiger partial charge in [-0.15, -0.1) is 0 Å². The van der Waals surface area contributed by atoms with E-state index in [4.69, 9.17) is 0 Å². The van der Waals surface area contributed by atoms with E-state index in [1.54, 1.807) is 0 Å². The highest BCUT2D eigenvalue weighted by atomic mass is 16.6. The van der Waals surface area contributed by atoms with Crippen LogP contribution in [0, 0.1) is 10.1 Å². The van der Waals surface area contributed by atoms with Gasteiger partial charge in [0.05, 0.1) is 6.54 Å². The van der Waals surface area contributed by atoms with E-state index in [1.807, 2.05) is 0 Å². The summed E-state index contributed by atoms with van der Waals surface area (Å²) in [5.74, 6) is -0.344. The minimum Gasteiger partial charge on any atom is -0.390 e. The van der Waals surface area contributed by atoms with Crippen LogP contribution in [0.1, 0.15) is 0 Å². The molecule has 94 valence electrons. The standard InChI is InChI=1S/C8H13N5O4/c1-9-7(15)11-4-6(14)5-12-3-2-10-8(12)13(16)17/h2-3,6,14H,4-5H2,1H3,(H2,9,11,15). The Morgan fingerprint density at radius 2 is 2.47 bits per heavy atom. The van der Waals surface area contributed by atoms with Crippen molar-refractivity contribution in [2.75, 3.05) is 13.6 Å². The summed E-state index contributed by atoms with van der Waals surface area (Å²) in [6.07, 6.45) is 1.73. The molecule has 9 nitrogen and oxygen atoms in total. The van der Waals surface area contributed by atoms with E-state index in [2.05, 4.69) is 15.6 Å². The number of urea groups is 1. The second kappa shape index (κ2) is 5.80. The van der Waals surface area contributed by atoms with Gasteiger partial charge in [-0.2, -0.15) is 0 Å². The van der Waals surface area contributed by atoms with Gasteiger partial charge in [0.2, 0.25) is 0 Å². The van der Waals surface area contributed by atoms with Gasteiger partial charge >= 0.3 is 12.0 Å². The third kappa shape index (κ3) is 3.72. The molecule has 0 aliphatic heterocycles. The topological polar surface area (TPSA) is 122 Å². The number of carbonyl (C=O) groups is 1. The van der Waals surface area contributed by atoms with E-state index >= 15 is 0 Å². The molecule has 0 aromatic carbocycles. The molecule has 0 bridgehead atoms. The van der Waals surface area contributed by atoms with Crippen molar-refractivity contribution in [3.8, 4) is 0 Å². The van der Waals surface area contributed by atoms with Crippen LogP contribution < -0.4 is 10.6 Å². The third-order valence-corrected chi connectivity index (χ3v) is 1.99. The summed E-state index contributed by atoms with van der Waals surface area (Å²) >= 11 is 0. The lowest BCUT2D eigenvalue weighted by Gasteiger charge is -2.10. The maximum Gasteiger partial charge on any atom is 0.434 e. The van der Waals surface area contributed by atoms with Crippen LogP contribution in [0.25, 0.3) is 0 Å². The molecule has 0 radical (unpaired) electrons. The summed E-state index contributed by atoms with van der Waals surface area (Å²) in [6.45, 7) is -0.0185. The van der Waals surface area contributed by atoms with Gasteiger partial charge in [0, 0.05) is 13.6 Å². The summed E-state index contributed by atoms with van der Waals surface area (Å²) in [5, 5.41) is 24.8. The second-order valence-corrected chi connectivity index (χ2v) is 3.25. The Morgan fingerprint density at radius 3 is 3.06 bits per heavy atom. The van der Waals surface area contributed by atoms with Gasteiger partial charge in [0.25, 0.3) is 0 Å². The van der Waals surface area contributed by atoms with Crippen molar-refractivity contribution >= 4 is 12.0 Å². The molecule has 0 saturated heterocycles. The summed E-state index contributed by atoms with van der Waals surface area (Å²) in [7, 11) is 1.45. The largest absolute Gasteiger partial charge is 0.434 e. The number of imidazole rings is 1. The highest BCUT2D eigenvalue weighted by molar-refractivity contribution is 5.73. The molecule has 2 amide bonds. The molecule has 9 heteroatoms. The first-order valence-electron chi connectivity index (χ1n) is 4.83. The van der Waals surface area contributed by atoms with Crippen molar-refractivity contribution in [3.05, 3.63) is 22.5 Å². The molecule has 3 N–H and O–H groups in total. The van der Waals surface area contributed by atoms with E-state index in [1.165, 1.54) is 24.0 Å². The Kier molecular flexibility index (Phi) is 4.40. The molecular weight excluding hydrogens is 230 g/mol. The van der Waals surface area contributed by atoms with E-state index in [0.717, 1.165) is 0 Å². The van der Waals surface area contributed by atoms with Crippen LogP contribution in [0.4, 0.5) is 10.7 Å². The van der Waals surface area contributed by atoms with E-state index < -0.39 is 17.1 Å². The average Bonchev–Trinajstić information content (AvgIpc) is 2.74. The Bertz CT molecular complexity index is 404. The summed E-state index contributed by atoms with van der Waals surface area (Å²) < 4.78 is 1.20. The molecule has 1 aromatic rings. The van der Waals surface area contributed by atoms with E-state index in [0.29, 0.717) is 0 Å². The van der Waals surface area contributed by atoms with Crippen LogP contribution >= 0.6 is 0 Å². The highest BCUT2D eigenvalue weighted by Gasteiger charge is 2.17. The Balaban J connectivity index is 2.50. The fourth-order valence-electron chi connectivity index (χ4n) is 1.21. The number of nitrogens with zero attached hydrogens (tertiary/aromatic N) is 3. The molecule has 1 unspecified atom stereocenters. The maximum atomic E-state index is 10.8. The van der Waals surface area contributed by atoms with Gasteiger partial charge in [0.1, 0.15) is 18.5 Å². The maximum absolute atomic E-state index is 10.8. The number of aliphatic hydroxyl groups excluding tert-OH is 1. The molecule has 1 atom stereocenters. The number of carbonyl (C=O) groups excluding carboxylic acids is 1. The number of nitrogens with one attached hydrogen (secondary N) is 2. The zero-order valence-electron chi connectivity index (χ0n) is 9.16. The van der Waals surface area contributed by atoms with Gasteiger partial charge in [-0.3, -0.25) is 0 Å². The summed E-state index contributed by atoms with van der Waals surface area (Å²) in [5.41, 5.74) is 0. The Hall–Kier alpha value is -2.16. The Morgan fingerprint density at radius 1 is 1.76 bits per heavy atom. The van der Waals surface area contributed by atoms with Crippen molar-refractivity contribution in [2.45, 2.75) is 12.6 Å². The molecule has 0 saturated carbocycles. The van der Waals surface area contributed by atoms with Crippen LogP contribution in [0.15, 0.2) is 12.4 Å². The van der Waals surface area contributed by atoms with Gasteiger partial charge in [-0.05, 0) is 4.92 Å². The van der Waals surface area contributed by atoms with Gasteiger partial charge in [0.15, 0.2) is 0 Å². The first-order valence-corrected chi connectivity index (χ1v) is 4.83. The van der Waals surface area contributed by atoms with Crippen molar-refractivity contribution in [1.29, 1.82) is 0 Å². The molecule has 1 rings (SSSR count). The highest BCUT2D eigenvalue weighted by Crippen LogP contribution is 2.07. The quantitative estimate of drug-likeness (QED) is 0.456. The number of amides is 2. The van der Waals surface area contributed by atoms with Gasteiger partial charge < -0.3 is 25.9 Å². The number of hydrogen-bond acceptors (Lipinski definition) is 5. The minimum absolute atomic E-state index is 0.00495. The van der Waals surface area contributed by atoms with Crippen molar-refractivity contribution < 1.29 is 14.8 Å². The minimum atomic E-state index is -0.930. The lowest BCUT2D eigenvalue weighted by Crippen LogP contribution is -2.39. The third-order valence-electron chi connectivity index (χ3n) is 1.99. The molecule has 1 heterocycles. The number of hydrogen-bond donors (Lipinski definition) is 3. The zero-order chi connectivity index (χ0) is 12.8. The lowest BCUT2D eigenvalue weighted by atomic mass is 10.3. The van der Waals surface area contributed by atoms with Crippen LogP contribution in [-0.2, 0) is 6.54 Å². The molecule has 0 spiro atoms. The first-order chi connectivity index (χ1) is 8.04. The number of aliphatic hydroxyl groups is 1. The normalized spacial score (nSPS) is 11.9. The smallest absolute Gasteiger partial charge is 0.390 e. The molecule has 0 aliphatic rings. The van der Waals surface area contributed by atoms with Crippen LogP contribution in [0.2, 0.25) is 0 Å². The van der Waals surface area contributed by atoms with Crippen LogP contribution in [-0.4, -0.2) is 45.3 Å². The average molecular weight is 243 g/mol. The number of nitro groups is 1. The first kappa shape index (κ1) is 12.9. The molecule has 0 fully saturated rings. The lowest BCUT2D eigenvalue weighted by molar-refractivity contribution is -0.397. The SMILES string of the molecule is CNC(=O)NCC(O)Cn1ccnc1[N+](=O)[O-]. The predicted octanol–water partition coefficient (Wildman–Crippen LogP) is -0.919. The molecule has 0 aliphatic carbocycles. The molecular formula is C8H13N5O4.